The summed E-state index contributed by atoms with van der Waals surface area (Å²) in [6, 6.07) is 0. The predicted octanol–water partition coefficient (Wildman–Crippen LogP) is 6.09. The summed E-state index contributed by atoms with van der Waals surface area (Å²) in [5, 5.41) is 3.36. The largest absolute Gasteiger partial charge is 0.121 e. The van der Waals surface area contributed by atoms with Gasteiger partial charge in [-0.05, 0) is 87.4 Å². The van der Waals surface area contributed by atoms with Gasteiger partial charge in [-0.3, -0.25) is 0 Å². The summed E-state index contributed by atoms with van der Waals surface area (Å²) in [4.78, 5) is 0. The Bertz CT molecular complexity index is 283. The molecule has 3 aliphatic rings. The van der Waals surface area contributed by atoms with Crippen molar-refractivity contribution in [2.24, 2.45) is 11.8 Å². The van der Waals surface area contributed by atoms with Crippen molar-refractivity contribution < 1.29 is 0 Å². The fourth-order valence-corrected chi connectivity index (χ4v) is 9.83. The lowest BCUT2D eigenvalue weighted by molar-refractivity contribution is 0.305. The van der Waals surface area contributed by atoms with Gasteiger partial charge in [0.25, 0.3) is 0 Å². The summed E-state index contributed by atoms with van der Waals surface area (Å²) >= 11 is 0. The molecular formula is C20H37S+. The van der Waals surface area contributed by atoms with E-state index in [2.05, 4.69) is 13.8 Å². The van der Waals surface area contributed by atoms with Crippen LogP contribution in [0.15, 0.2) is 0 Å². The quantitative estimate of drug-likeness (QED) is 0.553. The van der Waals surface area contributed by atoms with E-state index in [1.807, 2.05) is 0 Å². The van der Waals surface area contributed by atoms with E-state index in [4.69, 9.17) is 0 Å². The normalized spacial score (nSPS) is 37.0. The Labute approximate surface area is 136 Å². The van der Waals surface area contributed by atoms with Crippen molar-refractivity contribution in [1.29, 1.82) is 0 Å². The lowest BCUT2D eigenvalue weighted by atomic mass is 9.83. The van der Waals surface area contributed by atoms with Crippen molar-refractivity contribution in [3.05, 3.63) is 0 Å². The zero-order valence-corrected chi connectivity index (χ0v) is 15.3. The highest BCUT2D eigenvalue weighted by atomic mass is 32.2. The molecule has 3 fully saturated rings. The van der Waals surface area contributed by atoms with Gasteiger partial charge < -0.3 is 0 Å². The molecule has 0 radical (unpaired) electrons. The maximum absolute atomic E-state index is 2.60. The molecule has 3 atom stereocenters. The first kappa shape index (κ1) is 16.2. The van der Waals surface area contributed by atoms with Crippen molar-refractivity contribution in [3.63, 3.8) is 0 Å². The summed E-state index contributed by atoms with van der Waals surface area (Å²) < 4.78 is 0. The van der Waals surface area contributed by atoms with Gasteiger partial charge in [0.15, 0.2) is 0 Å². The van der Waals surface area contributed by atoms with Gasteiger partial charge in [0.1, 0.15) is 15.7 Å². The first-order valence-corrected chi connectivity index (χ1v) is 11.4. The third-order valence-corrected chi connectivity index (χ3v) is 10.5. The minimum atomic E-state index is 0.771. The van der Waals surface area contributed by atoms with E-state index in [1.54, 1.807) is 57.8 Å². The minimum Gasteiger partial charge on any atom is -0.0625 e. The van der Waals surface area contributed by atoms with Crippen LogP contribution in [0.25, 0.3) is 0 Å². The second kappa shape index (κ2) is 7.75. The van der Waals surface area contributed by atoms with Crippen molar-refractivity contribution in [2.45, 2.75) is 113 Å². The molecule has 0 N–H and O–H groups in total. The number of rotatable bonds is 3. The van der Waals surface area contributed by atoms with Crippen LogP contribution in [0.5, 0.6) is 0 Å². The highest BCUT2D eigenvalue weighted by Gasteiger charge is 2.48. The molecule has 122 valence electrons. The molecular weight excluding hydrogens is 272 g/mol. The van der Waals surface area contributed by atoms with Gasteiger partial charge in [-0.1, -0.05) is 26.7 Å². The van der Waals surface area contributed by atoms with Crippen molar-refractivity contribution in [2.75, 3.05) is 0 Å². The highest BCUT2D eigenvalue weighted by molar-refractivity contribution is 7.98. The van der Waals surface area contributed by atoms with E-state index in [-0.39, 0.29) is 0 Å². The molecule has 0 aromatic rings. The molecule has 0 bridgehead atoms. The molecule has 3 unspecified atom stereocenters. The molecule has 3 aliphatic carbocycles. The van der Waals surface area contributed by atoms with Gasteiger partial charge in [0, 0.05) is 5.92 Å². The smallest absolute Gasteiger partial charge is 0.0625 e. The van der Waals surface area contributed by atoms with Crippen LogP contribution in [-0.2, 0) is 10.9 Å². The fourth-order valence-electron chi connectivity index (χ4n) is 5.48. The maximum Gasteiger partial charge on any atom is 0.121 e. The molecule has 0 aromatic heterocycles. The van der Waals surface area contributed by atoms with Crippen LogP contribution in [0.3, 0.4) is 0 Å². The summed E-state index contributed by atoms with van der Waals surface area (Å²) in [5.74, 6) is 2.01. The SMILES string of the molecule is CC1CCC([S+](C2CCCCC2)C2CCCCC2)C(C)C1. The van der Waals surface area contributed by atoms with Crippen molar-refractivity contribution >= 4 is 10.9 Å². The topological polar surface area (TPSA) is 0 Å². The van der Waals surface area contributed by atoms with E-state index < -0.39 is 0 Å². The Kier molecular flexibility index (Phi) is 5.99. The van der Waals surface area contributed by atoms with Crippen LogP contribution in [0.1, 0.15) is 97.3 Å². The van der Waals surface area contributed by atoms with Crippen LogP contribution in [-0.4, -0.2) is 15.7 Å². The van der Waals surface area contributed by atoms with Gasteiger partial charge >= 0.3 is 0 Å². The molecule has 0 aromatic carbocycles. The second-order valence-corrected chi connectivity index (χ2v) is 11.1. The molecule has 0 heterocycles. The van der Waals surface area contributed by atoms with E-state index in [9.17, 15) is 0 Å². The summed E-state index contributed by atoms with van der Waals surface area (Å²) in [5.41, 5.74) is 0. The third kappa shape index (κ3) is 4.01. The third-order valence-electron chi connectivity index (χ3n) is 6.58. The Morgan fingerprint density at radius 2 is 1.14 bits per heavy atom. The van der Waals surface area contributed by atoms with Gasteiger partial charge in [-0.15, -0.1) is 0 Å². The van der Waals surface area contributed by atoms with E-state index in [0.29, 0.717) is 0 Å². The van der Waals surface area contributed by atoms with Crippen LogP contribution < -0.4 is 0 Å². The molecule has 0 spiro atoms. The number of hydrogen-bond acceptors (Lipinski definition) is 0. The second-order valence-electron chi connectivity index (χ2n) is 8.36. The monoisotopic (exact) mass is 309 g/mol. The molecule has 0 amide bonds. The Balaban J connectivity index is 1.73. The summed E-state index contributed by atoms with van der Waals surface area (Å²) in [6.45, 7) is 5.10. The van der Waals surface area contributed by atoms with Gasteiger partial charge in [0.05, 0.1) is 0 Å². The molecule has 0 nitrogen and oxygen atoms in total. The Morgan fingerprint density at radius 3 is 1.62 bits per heavy atom. The van der Waals surface area contributed by atoms with E-state index in [1.165, 1.54) is 25.7 Å². The zero-order chi connectivity index (χ0) is 14.7. The maximum atomic E-state index is 2.60. The standard InChI is InChI=1S/C20H37S/c1-16-13-14-20(17(2)15-16)21(18-9-5-3-6-10-18)19-11-7-4-8-12-19/h16-20H,3-15H2,1-2H3/q+1. The minimum absolute atomic E-state index is 0.771. The highest BCUT2D eigenvalue weighted by Crippen LogP contribution is 2.43. The lowest BCUT2D eigenvalue weighted by Gasteiger charge is -2.40. The van der Waals surface area contributed by atoms with Crippen LogP contribution in [0, 0.1) is 11.8 Å². The predicted molar refractivity (Wildman–Crippen MR) is 97.1 cm³/mol. The van der Waals surface area contributed by atoms with Crippen molar-refractivity contribution in [3.8, 4) is 0 Å². The number of hydrogen-bond donors (Lipinski definition) is 0. The summed E-state index contributed by atoms with van der Waals surface area (Å²) in [6.07, 6.45) is 20.1. The molecule has 3 saturated carbocycles. The Morgan fingerprint density at radius 1 is 0.619 bits per heavy atom. The van der Waals surface area contributed by atoms with Gasteiger partial charge in [-0.2, -0.15) is 0 Å². The van der Waals surface area contributed by atoms with Gasteiger partial charge in [0.2, 0.25) is 0 Å². The van der Waals surface area contributed by atoms with Crippen molar-refractivity contribution in [1.82, 2.24) is 0 Å². The molecule has 1 heteroatoms. The average molecular weight is 310 g/mol. The average Bonchev–Trinajstić information content (AvgIpc) is 2.52. The zero-order valence-electron chi connectivity index (χ0n) is 14.5. The van der Waals surface area contributed by atoms with E-state index >= 15 is 0 Å². The molecule has 0 saturated heterocycles. The first-order chi connectivity index (χ1) is 10.3. The molecule has 21 heavy (non-hydrogen) atoms. The van der Waals surface area contributed by atoms with Crippen LogP contribution in [0.2, 0.25) is 0 Å². The molecule has 0 aliphatic heterocycles. The van der Waals surface area contributed by atoms with E-state index in [0.717, 1.165) is 38.5 Å². The lowest BCUT2D eigenvalue weighted by Crippen LogP contribution is -2.46. The fraction of sp³-hybridized carbons (Fsp3) is 1.00. The van der Waals surface area contributed by atoms with Gasteiger partial charge in [-0.25, -0.2) is 0 Å². The van der Waals surface area contributed by atoms with Crippen LogP contribution in [0.4, 0.5) is 0 Å². The first-order valence-electron chi connectivity index (χ1n) is 9.96. The summed E-state index contributed by atoms with van der Waals surface area (Å²) in [7, 11) is 0.771. The Hall–Kier alpha value is 0.350. The van der Waals surface area contributed by atoms with Crippen LogP contribution >= 0.6 is 0 Å². The molecule has 3 rings (SSSR count).